The lowest BCUT2D eigenvalue weighted by Gasteiger charge is -2.26. The number of fused-ring (bicyclic) bond motifs is 1. The van der Waals surface area contributed by atoms with Crippen LogP contribution in [-0.4, -0.2) is 59.4 Å². The normalized spacial score (nSPS) is 17.5. The number of carbonyl (C=O) groups is 3. The summed E-state index contributed by atoms with van der Waals surface area (Å²) in [5, 5.41) is 2.92. The number of nitrogens with zero attached hydrogens (tertiary/aromatic N) is 3. The molecule has 1 fully saturated rings. The van der Waals surface area contributed by atoms with Crippen molar-refractivity contribution in [2.24, 2.45) is 5.92 Å². The third kappa shape index (κ3) is 5.42. The highest BCUT2D eigenvalue weighted by Gasteiger charge is 2.25. The van der Waals surface area contributed by atoms with E-state index in [-0.39, 0.29) is 17.9 Å². The van der Waals surface area contributed by atoms with E-state index in [4.69, 9.17) is 4.98 Å². The molecule has 2 aromatic rings. The molecule has 1 aromatic heterocycles. The van der Waals surface area contributed by atoms with Gasteiger partial charge < -0.3 is 10.1 Å². The third-order valence-corrected chi connectivity index (χ3v) is 7.09. The lowest BCUT2D eigenvalue weighted by molar-refractivity contribution is -0.115. The standard InChI is InChI=1S/C27H34N4O3/c1-18(16-32)10-19(2)30(3)14-22-11-20(6-7-21(22)17-33)25-12-23(15-31-8-4-5-9-31)24-13-26(34)29-27(24)28-25/h6-7,11-12,16-19H,4-5,8-10,13-15H2,1-3H3,(H,28,29,34). The monoisotopic (exact) mass is 462 g/mol. The molecule has 1 aromatic carbocycles. The maximum atomic E-state index is 12.1. The number of hydrogen-bond donors (Lipinski definition) is 1. The Kier molecular flexibility index (Phi) is 7.54. The van der Waals surface area contributed by atoms with Crippen molar-refractivity contribution in [2.45, 2.75) is 58.7 Å². The molecule has 3 heterocycles. The third-order valence-electron chi connectivity index (χ3n) is 7.09. The fourth-order valence-electron chi connectivity index (χ4n) is 4.95. The Morgan fingerprint density at radius 2 is 1.91 bits per heavy atom. The number of carbonyl (C=O) groups excluding carboxylic acids is 3. The number of anilines is 1. The molecular weight excluding hydrogens is 428 g/mol. The molecule has 180 valence electrons. The van der Waals surface area contributed by atoms with Crippen molar-refractivity contribution in [1.29, 1.82) is 0 Å². The minimum Gasteiger partial charge on any atom is -0.310 e. The molecule has 1 saturated heterocycles. The van der Waals surface area contributed by atoms with Crippen molar-refractivity contribution in [3.63, 3.8) is 0 Å². The highest BCUT2D eigenvalue weighted by molar-refractivity contribution is 5.98. The molecule has 0 saturated carbocycles. The summed E-state index contributed by atoms with van der Waals surface area (Å²) in [4.78, 5) is 44.3. The van der Waals surface area contributed by atoms with Gasteiger partial charge in [-0.2, -0.15) is 0 Å². The van der Waals surface area contributed by atoms with Crippen molar-refractivity contribution in [3.8, 4) is 11.3 Å². The van der Waals surface area contributed by atoms with Gasteiger partial charge in [-0.1, -0.05) is 19.1 Å². The van der Waals surface area contributed by atoms with Crippen LogP contribution in [0.15, 0.2) is 24.3 Å². The van der Waals surface area contributed by atoms with E-state index < -0.39 is 0 Å². The Bertz CT molecular complexity index is 1080. The van der Waals surface area contributed by atoms with Gasteiger partial charge in [0.15, 0.2) is 0 Å². The Morgan fingerprint density at radius 1 is 1.15 bits per heavy atom. The summed E-state index contributed by atoms with van der Waals surface area (Å²) in [7, 11) is 2.01. The van der Waals surface area contributed by atoms with E-state index in [0.29, 0.717) is 24.3 Å². The number of nitrogens with one attached hydrogen (secondary N) is 1. The zero-order valence-corrected chi connectivity index (χ0v) is 20.3. The van der Waals surface area contributed by atoms with Crippen molar-refractivity contribution in [2.75, 3.05) is 25.5 Å². The van der Waals surface area contributed by atoms with Gasteiger partial charge in [0, 0.05) is 41.7 Å². The van der Waals surface area contributed by atoms with Gasteiger partial charge in [-0.05, 0) is 69.6 Å². The van der Waals surface area contributed by atoms with E-state index >= 15 is 0 Å². The van der Waals surface area contributed by atoms with Gasteiger partial charge in [0.05, 0.1) is 12.1 Å². The number of aldehydes is 2. The van der Waals surface area contributed by atoms with Crippen LogP contribution in [0.5, 0.6) is 0 Å². The minimum absolute atomic E-state index is 0.00539. The van der Waals surface area contributed by atoms with Crippen LogP contribution in [0.1, 0.15) is 60.2 Å². The second kappa shape index (κ2) is 10.6. The first-order chi connectivity index (χ1) is 16.4. The number of amides is 1. The van der Waals surface area contributed by atoms with Crippen molar-refractivity contribution >= 4 is 24.3 Å². The second-order valence-electron chi connectivity index (χ2n) is 9.85. The smallest absolute Gasteiger partial charge is 0.230 e. The Balaban J connectivity index is 1.64. The zero-order valence-electron chi connectivity index (χ0n) is 20.3. The zero-order chi connectivity index (χ0) is 24.2. The van der Waals surface area contributed by atoms with E-state index in [0.717, 1.165) is 66.6 Å². The highest BCUT2D eigenvalue weighted by atomic mass is 16.2. The van der Waals surface area contributed by atoms with Crippen molar-refractivity contribution in [1.82, 2.24) is 14.8 Å². The lowest BCUT2D eigenvalue weighted by atomic mass is 9.98. The Morgan fingerprint density at radius 3 is 2.62 bits per heavy atom. The van der Waals surface area contributed by atoms with Crippen LogP contribution in [0.25, 0.3) is 11.3 Å². The first-order valence-corrected chi connectivity index (χ1v) is 12.2. The number of aromatic nitrogens is 1. The van der Waals surface area contributed by atoms with Crippen molar-refractivity contribution in [3.05, 3.63) is 46.5 Å². The summed E-state index contributed by atoms with van der Waals surface area (Å²) in [5.41, 5.74) is 5.46. The molecule has 4 rings (SSSR count). The van der Waals surface area contributed by atoms with E-state index in [1.54, 1.807) is 0 Å². The van der Waals surface area contributed by atoms with Gasteiger partial charge in [-0.15, -0.1) is 0 Å². The van der Waals surface area contributed by atoms with Crippen LogP contribution in [0.4, 0.5) is 5.82 Å². The molecule has 1 amide bonds. The summed E-state index contributed by atoms with van der Waals surface area (Å²) in [5.74, 6) is 0.639. The van der Waals surface area contributed by atoms with Gasteiger partial charge >= 0.3 is 0 Å². The van der Waals surface area contributed by atoms with E-state index in [9.17, 15) is 14.4 Å². The molecule has 34 heavy (non-hydrogen) atoms. The molecule has 2 aliphatic heterocycles. The molecule has 2 aliphatic rings. The molecule has 0 spiro atoms. The average molecular weight is 463 g/mol. The molecule has 1 N–H and O–H groups in total. The quantitative estimate of drug-likeness (QED) is 0.542. The summed E-state index contributed by atoms with van der Waals surface area (Å²) < 4.78 is 0. The van der Waals surface area contributed by atoms with Gasteiger partial charge in [0.1, 0.15) is 18.4 Å². The van der Waals surface area contributed by atoms with Crippen LogP contribution < -0.4 is 5.32 Å². The van der Waals surface area contributed by atoms with Gasteiger partial charge in [0.25, 0.3) is 0 Å². The first kappa shape index (κ1) is 24.2. The van der Waals surface area contributed by atoms with E-state index in [1.165, 1.54) is 12.8 Å². The summed E-state index contributed by atoms with van der Waals surface area (Å²) in [6.07, 6.45) is 5.45. The highest BCUT2D eigenvalue weighted by Crippen LogP contribution is 2.32. The fraction of sp³-hybridized carbons (Fsp3) is 0.481. The maximum Gasteiger partial charge on any atom is 0.230 e. The van der Waals surface area contributed by atoms with Gasteiger partial charge in [-0.25, -0.2) is 4.98 Å². The Labute approximate surface area is 201 Å². The number of pyridine rings is 1. The number of rotatable bonds is 10. The number of hydrogen-bond acceptors (Lipinski definition) is 6. The fourth-order valence-corrected chi connectivity index (χ4v) is 4.95. The van der Waals surface area contributed by atoms with E-state index in [1.807, 2.05) is 32.2 Å². The van der Waals surface area contributed by atoms with Crippen LogP contribution in [0.2, 0.25) is 0 Å². The largest absolute Gasteiger partial charge is 0.310 e. The van der Waals surface area contributed by atoms with Crippen LogP contribution >= 0.6 is 0 Å². The van der Waals surface area contributed by atoms with Crippen LogP contribution in [-0.2, 0) is 29.1 Å². The molecule has 0 bridgehead atoms. The SMILES string of the molecule is CC(C=O)CC(C)N(C)Cc1cc(-c2cc(CN3CCCC3)c3c(n2)NC(=O)C3)ccc1C=O. The second-order valence-corrected chi connectivity index (χ2v) is 9.85. The topological polar surface area (TPSA) is 82.6 Å². The predicted molar refractivity (Wildman–Crippen MR) is 133 cm³/mol. The maximum absolute atomic E-state index is 12.1. The molecule has 0 radical (unpaired) electrons. The average Bonchev–Trinajstić information content (AvgIpc) is 3.47. The van der Waals surface area contributed by atoms with Crippen LogP contribution in [0, 0.1) is 5.92 Å². The Hall–Kier alpha value is -2.90. The number of likely N-dealkylation sites (tertiary alicyclic amines) is 1. The first-order valence-electron chi connectivity index (χ1n) is 12.2. The summed E-state index contributed by atoms with van der Waals surface area (Å²) in [6, 6.07) is 8.11. The molecule has 7 heteroatoms. The predicted octanol–water partition coefficient (Wildman–Crippen LogP) is 3.70. The molecule has 0 aliphatic carbocycles. The van der Waals surface area contributed by atoms with E-state index in [2.05, 4.69) is 28.1 Å². The summed E-state index contributed by atoms with van der Waals surface area (Å²) in [6.45, 7) is 7.60. The lowest BCUT2D eigenvalue weighted by Crippen LogP contribution is -2.30. The van der Waals surface area contributed by atoms with Crippen LogP contribution in [0.3, 0.4) is 0 Å². The van der Waals surface area contributed by atoms with Gasteiger partial charge in [0.2, 0.25) is 5.91 Å². The van der Waals surface area contributed by atoms with Gasteiger partial charge in [-0.3, -0.25) is 19.4 Å². The minimum atomic E-state index is -0.0144. The molecular formula is C27H34N4O3. The number of benzene rings is 1. The molecule has 2 unspecified atom stereocenters. The molecule has 2 atom stereocenters. The van der Waals surface area contributed by atoms with Crippen molar-refractivity contribution < 1.29 is 14.4 Å². The molecule has 7 nitrogen and oxygen atoms in total. The summed E-state index contributed by atoms with van der Waals surface area (Å²) >= 11 is 0.